The first kappa shape index (κ1) is 15.6. The van der Waals surface area contributed by atoms with Gasteiger partial charge in [-0.1, -0.05) is 43.1 Å². The summed E-state index contributed by atoms with van der Waals surface area (Å²) in [6.45, 7) is 5.87. The molecule has 0 unspecified atom stereocenters. The molecule has 22 heavy (non-hydrogen) atoms. The van der Waals surface area contributed by atoms with E-state index in [1.165, 1.54) is 45.3 Å². The Bertz CT molecular complexity index is 600. The highest BCUT2D eigenvalue weighted by atomic mass is 35.5. The summed E-state index contributed by atoms with van der Waals surface area (Å²) in [6, 6.07) is 8.49. The maximum atomic E-state index is 6.28. The Morgan fingerprint density at radius 1 is 1.23 bits per heavy atom. The first-order valence-corrected chi connectivity index (χ1v) is 8.67. The molecule has 1 saturated heterocycles. The number of benzene rings is 1. The van der Waals surface area contributed by atoms with Crippen LogP contribution in [0.5, 0.6) is 0 Å². The number of rotatable bonds is 5. The molecular formula is C18H24ClN3. The van der Waals surface area contributed by atoms with E-state index in [4.69, 9.17) is 11.6 Å². The third-order valence-corrected chi connectivity index (χ3v) is 4.88. The minimum atomic E-state index is 0.522. The molecule has 1 aliphatic rings. The van der Waals surface area contributed by atoms with Crippen molar-refractivity contribution in [3.8, 4) is 11.1 Å². The Morgan fingerprint density at radius 2 is 2.00 bits per heavy atom. The summed E-state index contributed by atoms with van der Waals surface area (Å²) in [7, 11) is 0. The average Bonchev–Trinajstić information content (AvgIpc) is 3.03. The Hall–Kier alpha value is -1.32. The summed E-state index contributed by atoms with van der Waals surface area (Å²) in [5.41, 5.74) is 2.18. The van der Waals surface area contributed by atoms with E-state index in [0.29, 0.717) is 6.04 Å². The van der Waals surface area contributed by atoms with Crippen molar-refractivity contribution in [2.75, 3.05) is 19.6 Å². The predicted octanol–water partition coefficient (Wildman–Crippen LogP) is 4.64. The molecule has 118 valence electrons. The van der Waals surface area contributed by atoms with E-state index < -0.39 is 0 Å². The van der Waals surface area contributed by atoms with Crippen molar-refractivity contribution >= 4 is 11.6 Å². The molecule has 3 rings (SSSR count). The fourth-order valence-corrected chi connectivity index (χ4v) is 3.41. The van der Waals surface area contributed by atoms with Gasteiger partial charge in [-0.25, -0.2) is 0 Å². The lowest BCUT2D eigenvalue weighted by Crippen LogP contribution is -2.35. The molecule has 0 radical (unpaired) electrons. The van der Waals surface area contributed by atoms with Crippen LogP contribution in [0.2, 0.25) is 5.02 Å². The zero-order chi connectivity index (χ0) is 15.4. The number of aromatic nitrogens is 2. The third-order valence-electron chi connectivity index (χ3n) is 4.55. The summed E-state index contributed by atoms with van der Waals surface area (Å²) in [5.74, 6) is 0. The quantitative estimate of drug-likeness (QED) is 0.801. The molecule has 0 atom stereocenters. The first-order chi connectivity index (χ1) is 10.8. The van der Waals surface area contributed by atoms with Crippen molar-refractivity contribution in [1.82, 2.24) is 14.7 Å². The van der Waals surface area contributed by atoms with E-state index in [0.717, 1.165) is 16.1 Å². The van der Waals surface area contributed by atoms with Crippen molar-refractivity contribution in [3.05, 3.63) is 41.7 Å². The predicted molar refractivity (Wildman–Crippen MR) is 92.3 cm³/mol. The topological polar surface area (TPSA) is 21.1 Å². The van der Waals surface area contributed by atoms with Crippen molar-refractivity contribution in [3.63, 3.8) is 0 Å². The lowest BCUT2D eigenvalue weighted by Gasteiger charge is -2.31. The van der Waals surface area contributed by atoms with Gasteiger partial charge in [-0.05, 0) is 31.9 Å². The van der Waals surface area contributed by atoms with Crippen LogP contribution in [0.3, 0.4) is 0 Å². The van der Waals surface area contributed by atoms with E-state index in [-0.39, 0.29) is 0 Å². The molecule has 0 aliphatic carbocycles. The van der Waals surface area contributed by atoms with Gasteiger partial charge in [0.15, 0.2) is 0 Å². The van der Waals surface area contributed by atoms with Gasteiger partial charge in [-0.2, -0.15) is 5.10 Å². The number of likely N-dealkylation sites (tertiary alicyclic amines) is 1. The van der Waals surface area contributed by atoms with Crippen LogP contribution in [0.15, 0.2) is 36.7 Å². The minimum absolute atomic E-state index is 0.522. The average molecular weight is 318 g/mol. The van der Waals surface area contributed by atoms with E-state index in [1.54, 1.807) is 0 Å². The smallest absolute Gasteiger partial charge is 0.0568 e. The Balaban J connectivity index is 1.64. The SMILES string of the molecule is CCCCN1CCC(n2cc(-c3ccccc3Cl)cn2)CC1. The van der Waals surface area contributed by atoms with Gasteiger partial charge in [0.05, 0.1) is 12.2 Å². The second kappa shape index (κ2) is 7.30. The van der Waals surface area contributed by atoms with Crippen LogP contribution in [-0.4, -0.2) is 34.3 Å². The van der Waals surface area contributed by atoms with Crippen molar-refractivity contribution < 1.29 is 0 Å². The first-order valence-electron chi connectivity index (χ1n) is 8.29. The van der Waals surface area contributed by atoms with Crippen LogP contribution in [0.25, 0.3) is 11.1 Å². The van der Waals surface area contributed by atoms with E-state index in [1.807, 2.05) is 24.4 Å². The molecule has 0 amide bonds. The summed E-state index contributed by atoms with van der Waals surface area (Å²) in [5, 5.41) is 5.37. The van der Waals surface area contributed by atoms with Gasteiger partial charge in [0.1, 0.15) is 0 Å². The summed E-state index contributed by atoms with van der Waals surface area (Å²) < 4.78 is 2.13. The molecular weight excluding hydrogens is 294 g/mol. The van der Waals surface area contributed by atoms with E-state index in [9.17, 15) is 0 Å². The molecule has 3 nitrogen and oxygen atoms in total. The maximum Gasteiger partial charge on any atom is 0.0568 e. The maximum absolute atomic E-state index is 6.28. The van der Waals surface area contributed by atoms with Crippen LogP contribution < -0.4 is 0 Å². The zero-order valence-electron chi connectivity index (χ0n) is 13.2. The standard InChI is InChI=1S/C18H24ClN3/c1-2-3-10-21-11-8-16(9-12-21)22-14-15(13-20-22)17-6-4-5-7-18(17)19/h4-7,13-14,16H,2-3,8-12H2,1H3. The molecule has 0 N–H and O–H groups in total. The van der Waals surface area contributed by atoms with Crippen molar-refractivity contribution in [2.45, 2.75) is 38.6 Å². The van der Waals surface area contributed by atoms with E-state index >= 15 is 0 Å². The van der Waals surface area contributed by atoms with Crippen molar-refractivity contribution in [2.24, 2.45) is 0 Å². The molecule has 4 heteroatoms. The molecule has 1 aromatic carbocycles. The van der Waals surface area contributed by atoms with Crippen LogP contribution in [-0.2, 0) is 0 Å². The van der Waals surface area contributed by atoms with Gasteiger partial charge in [-0.15, -0.1) is 0 Å². The van der Waals surface area contributed by atoms with Crippen molar-refractivity contribution in [1.29, 1.82) is 0 Å². The molecule has 1 aromatic heterocycles. The largest absolute Gasteiger partial charge is 0.303 e. The number of hydrogen-bond donors (Lipinski definition) is 0. The highest BCUT2D eigenvalue weighted by Gasteiger charge is 2.21. The normalized spacial score (nSPS) is 17.0. The summed E-state index contributed by atoms with van der Waals surface area (Å²) in [6.07, 6.45) is 9.04. The Morgan fingerprint density at radius 3 is 2.73 bits per heavy atom. The van der Waals surface area contributed by atoms with Gasteiger partial charge in [0.25, 0.3) is 0 Å². The molecule has 2 aromatic rings. The third kappa shape index (κ3) is 3.53. The van der Waals surface area contributed by atoms with Gasteiger partial charge in [0.2, 0.25) is 0 Å². The number of nitrogens with zero attached hydrogens (tertiary/aromatic N) is 3. The summed E-state index contributed by atoms with van der Waals surface area (Å²) >= 11 is 6.28. The Labute approximate surface area is 137 Å². The molecule has 1 aliphatic heterocycles. The van der Waals surface area contributed by atoms with Crippen LogP contribution in [0.4, 0.5) is 0 Å². The molecule has 2 heterocycles. The molecule has 0 saturated carbocycles. The highest BCUT2D eigenvalue weighted by Crippen LogP contribution is 2.29. The number of unbranched alkanes of at least 4 members (excludes halogenated alkanes) is 1. The second-order valence-corrected chi connectivity index (χ2v) is 6.52. The van der Waals surface area contributed by atoms with Gasteiger partial charge in [0, 0.05) is 35.4 Å². The van der Waals surface area contributed by atoms with Gasteiger partial charge < -0.3 is 4.90 Å². The summed E-state index contributed by atoms with van der Waals surface area (Å²) in [4.78, 5) is 2.58. The second-order valence-electron chi connectivity index (χ2n) is 6.12. The van der Waals surface area contributed by atoms with E-state index in [2.05, 4.69) is 33.9 Å². The molecule has 1 fully saturated rings. The Kier molecular flexibility index (Phi) is 5.16. The fourth-order valence-electron chi connectivity index (χ4n) is 3.16. The van der Waals surface area contributed by atoms with Gasteiger partial charge >= 0.3 is 0 Å². The monoisotopic (exact) mass is 317 g/mol. The number of hydrogen-bond acceptors (Lipinski definition) is 2. The van der Waals surface area contributed by atoms with Crippen LogP contribution in [0.1, 0.15) is 38.6 Å². The number of piperidine rings is 1. The van der Waals surface area contributed by atoms with Crippen LogP contribution >= 0.6 is 11.6 Å². The minimum Gasteiger partial charge on any atom is -0.303 e. The lowest BCUT2D eigenvalue weighted by atomic mass is 10.0. The highest BCUT2D eigenvalue weighted by molar-refractivity contribution is 6.33. The van der Waals surface area contributed by atoms with Gasteiger partial charge in [-0.3, -0.25) is 4.68 Å². The van der Waals surface area contributed by atoms with Crippen LogP contribution in [0, 0.1) is 0 Å². The lowest BCUT2D eigenvalue weighted by molar-refractivity contribution is 0.178. The number of halogens is 1. The zero-order valence-corrected chi connectivity index (χ0v) is 14.0. The molecule has 0 spiro atoms. The fraction of sp³-hybridized carbons (Fsp3) is 0.500. The molecule has 0 bridgehead atoms.